The monoisotopic (exact) mass is 290 g/mol. The second kappa shape index (κ2) is 7.81. The van der Waals surface area contributed by atoms with Crippen LogP contribution in [0.4, 0.5) is 0 Å². The molecule has 2 rings (SSSR count). The first-order valence-corrected chi connectivity index (χ1v) is 7.17. The Balaban J connectivity index is 2.07. The third-order valence-electron chi connectivity index (χ3n) is 3.26. The first-order chi connectivity index (χ1) is 10.2. The minimum atomic E-state index is -0.210. The number of hydrogen-bond donors (Lipinski definition) is 1. The summed E-state index contributed by atoms with van der Waals surface area (Å²) in [5.41, 5.74) is 2.23. The van der Waals surface area contributed by atoms with Crippen LogP contribution in [0, 0.1) is 0 Å². The topological polar surface area (TPSA) is 52.5 Å². The summed E-state index contributed by atoms with van der Waals surface area (Å²) in [6.45, 7) is 4.77. The smallest absolute Gasteiger partial charge is 0.325 e. The molecule has 0 aliphatic heterocycles. The molecule has 1 N–H and O–H groups in total. The molecule has 0 saturated heterocycles. The number of nitrogens with zero attached hydrogens (tertiary/aromatic N) is 1. The first-order valence-electron chi connectivity index (χ1n) is 7.17. The Morgan fingerprint density at radius 3 is 2.95 bits per heavy atom. The molecule has 0 saturated carbocycles. The van der Waals surface area contributed by atoms with Crippen molar-refractivity contribution in [2.75, 3.05) is 26.9 Å². The van der Waals surface area contributed by atoms with E-state index in [1.807, 2.05) is 23.8 Å². The molecular weight excluding hydrogens is 268 g/mol. The quantitative estimate of drug-likeness (QED) is 0.596. The standard InChI is InChI=1S/C16H22N2O3/c1-3-21-16(19)12-18-8-6-14-5-4-13(10-15(14)18)11-17-7-9-20-2/h4-6,8,10,17H,3,7,9,11-12H2,1-2H3. The summed E-state index contributed by atoms with van der Waals surface area (Å²) in [5.74, 6) is -0.210. The number of methoxy groups -OCH3 is 1. The van der Waals surface area contributed by atoms with Crippen molar-refractivity contribution in [2.24, 2.45) is 0 Å². The van der Waals surface area contributed by atoms with Gasteiger partial charge < -0.3 is 19.4 Å². The van der Waals surface area contributed by atoms with E-state index in [2.05, 4.69) is 23.5 Å². The van der Waals surface area contributed by atoms with Crippen LogP contribution in [0.15, 0.2) is 30.5 Å². The minimum Gasteiger partial charge on any atom is -0.465 e. The van der Waals surface area contributed by atoms with Crippen LogP contribution >= 0.6 is 0 Å². The zero-order valence-electron chi connectivity index (χ0n) is 12.6. The van der Waals surface area contributed by atoms with Gasteiger partial charge in [-0.2, -0.15) is 0 Å². The van der Waals surface area contributed by atoms with Crippen LogP contribution in [0.5, 0.6) is 0 Å². The molecular formula is C16H22N2O3. The summed E-state index contributed by atoms with van der Waals surface area (Å²) in [4.78, 5) is 11.6. The van der Waals surface area contributed by atoms with Crippen molar-refractivity contribution in [3.05, 3.63) is 36.0 Å². The zero-order valence-corrected chi connectivity index (χ0v) is 12.6. The van der Waals surface area contributed by atoms with Gasteiger partial charge in [-0.25, -0.2) is 0 Å². The predicted molar refractivity (Wildman–Crippen MR) is 82.2 cm³/mol. The van der Waals surface area contributed by atoms with Crippen LogP contribution in [0.1, 0.15) is 12.5 Å². The molecule has 0 fully saturated rings. The highest BCUT2D eigenvalue weighted by Crippen LogP contribution is 2.18. The highest BCUT2D eigenvalue weighted by Gasteiger charge is 2.07. The number of fused-ring (bicyclic) bond motifs is 1. The van der Waals surface area contributed by atoms with Gasteiger partial charge in [0.15, 0.2) is 0 Å². The summed E-state index contributed by atoms with van der Waals surface area (Å²) >= 11 is 0. The number of carbonyl (C=O) groups is 1. The molecule has 2 aromatic rings. The largest absolute Gasteiger partial charge is 0.465 e. The van der Waals surface area contributed by atoms with Crippen LogP contribution in [0.3, 0.4) is 0 Å². The Labute approximate surface area is 124 Å². The number of nitrogens with one attached hydrogen (secondary N) is 1. The summed E-state index contributed by atoms with van der Waals surface area (Å²) in [6.07, 6.45) is 1.92. The van der Waals surface area contributed by atoms with Crippen molar-refractivity contribution < 1.29 is 14.3 Å². The molecule has 0 aliphatic carbocycles. The number of carbonyl (C=O) groups excluding carboxylic acids is 1. The van der Waals surface area contributed by atoms with E-state index in [1.165, 1.54) is 5.56 Å². The van der Waals surface area contributed by atoms with E-state index in [9.17, 15) is 4.79 Å². The van der Waals surface area contributed by atoms with E-state index in [-0.39, 0.29) is 12.5 Å². The van der Waals surface area contributed by atoms with Gasteiger partial charge in [0.1, 0.15) is 6.54 Å². The van der Waals surface area contributed by atoms with Crippen molar-refractivity contribution in [1.82, 2.24) is 9.88 Å². The molecule has 1 aromatic carbocycles. The summed E-state index contributed by atoms with van der Waals surface area (Å²) in [6, 6.07) is 8.28. The Bertz CT molecular complexity index is 592. The molecule has 0 radical (unpaired) electrons. The van der Waals surface area contributed by atoms with Crippen molar-refractivity contribution in [1.29, 1.82) is 0 Å². The molecule has 114 valence electrons. The Kier molecular flexibility index (Phi) is 5.78. The Hall–Kier alpha value is -1.85. The van der Waals surface area contributed by atoms with E-state index in [0.29, 0.717) is 13.2 Å². The van der Waals surface area contributed by atoms with Gasteiger partial charge in [0.2, 0.25) is 0 Å². The van der Waals surface area contributed by atoms with Gasteiger partial charge in [0, 0.05) is 31.9 Å². The molecule has 21 heavy (non-hydrogen) atoms. The fourth-order valence-corrected chi connectivity index (χ4v) is 2.23. The number of rotatable bonds is 8. The lowest BCUT2D eigenvalue weighted by Crippen LogP contribution is -2.18. The maximum Gasteiger partial charge on any atom is 0.325 e. The summed E-state index contributed by atoms with van der Waals surface area (Å²) in [7, 11) is 1.69. The molecule has 0 unspecified atom stereocenters. The van der Waals surface area contributed by atoms with Crippen LogP contribution in [-0.2, 0) is 27.4 Å². The lowest BCUT2D eigenvalue weighted by Gasteiger charge is -2.08. The second-order valence-corrected chi connectivity index (χ2v) is 4.81. The van der Waals surface area contributed by atoms with Gasteiger partial charge in [-0.05, 0) is 30.0 Å². The molecule has 1 heterocycles. The average molecular weight is 290 g/mol. The van der Waals surface area contributed by atoms with Crippen molar-refractivity contribution in [2.45, 2.75) is 20.0 Å². The lowest BCUT2D eigenvalue weighted by atomic mass is 10.1. The SMILES string of the molecule is CCOC(=O)Cn1ccc2ccc(CNCCOC)cc21. The average Bonchev–Trinajstić information content (AvgIpc) is 2.86. The summed E-state index contributed by atoms with van der Waals surface area (Å²) < 4.78 is 11.9. The number of aromatic nitrogens is 1. The Morgan fingerprint density at radius 1 is 1.33 bits per heavy atom. The van der Waals surface area contributed by atoms with Gasteiger partial charge >= 0.3 is 5.97 Å². The molecule has 0 atom stereocenters. The summed E-state index contributed by atoms with van der Waals surface area (Å²) in [5, 5.41) is 4.44. The van der Waals surface area contributed by atoms with Gasteiger partial charge in [0.25, 0.3) is 0 Å². The van der Waals surface area contributed by atoms with E-state index in [0.717, 1.165) is 24.0 Å². The maximum absolute atomic E-state index is 11.6. The van der Waals surface area contributed by atoms with Crippen LogP contribution in [0.25, 0.3) is 10.9 Å². The zero-order chi connectivity index (χ0) is 15.1. The van der Waals surface area contributed by atoms with E-state index >= 15 is 0 Å². The fraction of sp³-hybridized carbons (Fsp3) is 0.438. The highest BCUT2D eigenvalue weighted by molar-refractivity contribution is 5.82. The van der Waals surface area contributed by atoms with Crippen molar-refractivity contribution >= 4 is 16.9 Å². The van der Waals surface area contributed by atoms with Crippen LogP contribution in [-0.4, -0.2) is 37.4 Å². The fourth-order valence-electron chi connectivity index (χ4n) is 2.23. The van der Waals surface area contributed by atoms with Gasteiger partial charge in [0.05, 0.1) is 13.2 Å². The third-order valence-corrected chi connectivity index (χ3v) is 3.26. The molecule has 0 amide bonds. The van der Waals surface area contributed by atoms with Crippen LogP contribution < -0.4 is 5.32 Å². The molecule has 5 heteroatoms. The number of benzene rings is 1. The maximum atomic E-state index is 11.6. The second-order valence-electron chi connectivity index (χ2n) is 4.81. The lowest BCUT2D eigenvalue weighted by molar-refractivity contribution is -0.143. The van der Waals surface area contributed by atoms with Gasteiger partial charge in [-0.1, -0.05) is 12.1 Å². The predicted octanol–water partition coefficient (Wildman–Crippen LogP) is 1.94. The first kappa shape index (κ1) is 15.5. The molecule has 0 aliphatic rings. The highest BCUT2D eigenvalue weighted by atomic mass is 16.5. The van der Waals surface area contributed by atoms with Gasteiger partial charge in [-0.15, -0.1) is 0 Å². The van der Waals surface area contributed by atoms with Crippen molar-refractivity contribution in [3.8, 4) is 0 Å². The molecule has 5 nitrogen and oxygen atoms in total. The van der Waals surface area contributed by atoms with E-state index in [1.54, 1.807) is 7.11 Å². The third kappa shape index (κ3) is 4.31. The van der Waals surface area contributed by atoms with E-state index < -0.39 is 0 Å². The van der Waals surface area contributed by atoms with E-state index in [4.69, 9.17) is 9.47 Å². The van der Waals surface area contributed by atoms with Crippen LogP contribution in [0.2, 0.25) is 0 Å². The van der Waals surface area contributed by atoms with Gasteiger partial charge in [-0.3, -0.25) is 4.79 Å². The number of esters is 1. The minimum absolute atomic E-state index is 0.210. The Morgan fingerprint density at radius 2 is 2.19 bits per heavy atom. The molecule has 0 bridgehead atoms. The molecule has 0 spiro atoms. The number of ether oxygens (including phenoxy) is 2. The molecule has 1 aromatic heterocycles. The number of hydrogen-bond acceptors (Lipinski definition) is 4. The van der Waals surface area contributed by atoms with Crippen molar-refractivity contribution in [3.63, 3.8) is 0 Å². The normalized spacial score (nSPS) is 11.0.